The highest BCUT2D eigenvalue weighted by Gasteiger charge is 2.23. The van der Waals surface area contributed by atoms with E-state index in [1.54, 1.807) is 13.2 Å². The van der Waals surface area contributed by atoms with Crippen molar-refractivity contribution >= 4 is 33.3 Å². The zero-order valence-electron chi connectivity index (χ0n) is 16.1. The summed E-state index contributed by atoms with van der Waals surface area (Å²) in [4.78, 5) is 9.89. The number of nitrogens with zero attached hydrogens (tertiary/aromatic N) is 6. The van der Waals surface area contributed by atoms with Crippen LogP contribution in [0.3, 0.4) is 0 Å². The first-order valence-corrected chi connectivity index (χ1v) is 9.92. The molecule has 0 bridgehead atoms. The number of hydrogen-bond donors (Lipinski definition) is 0. The van der Waals surface area contributed by atoms with Crippen LogP contribution in [-0.4, -0.2) is 42.3 Å². The van der Waals surface area contributed by atoms with E-state index in [2.05, 4.69) is 26.2 Å². The maximum absolute atomic E-state index is 8.98. The summed E-state index contributed by atoms with van der Waals surface area (Å²) in [5.41, 5.74) is 11.1. The van der Waals surface area contributed by atoms with Crippen LogP contribution in [0.25, 0.3) is 20.7 Å². The van der Waals surface area contributed by atoms with Crippen molar-refractivity contribution in [3.63, 3.8) is 0 Å². The molecule has 2 aromatic heterocycles. The molecule has 1 aliphatic rings. The summed E-state index contributed by atoms with van der Waals surface area (Å²) >= 11 is 1.21. The molecule has 0 unspecified atom stereocenters. The topological polar surface area (TPSA) is 105 Å². The van der Waals surface area contributed by atoms with Gasteiger partial charge in [0.15, 0.2) is 0 Å². The number of azide groups is 1. The zero-order valence-corrected chi connectivity index (χ0v) is 16.9. The Balaban J connectivity index is 1.66. The molecular formula is C19H20N6O3S. The molecule has 0 saturated carbocycles. The zero-order chi connectivity index (χ0) is 20.2. The van der Waals surface area contributed by atoms with Gasteiger partial charge in [0, 0.05) is 11.5 Å². The van der Waals surface area contributed by atoms with Crippen molar-refractivity contribution < 1.29 is 14.2 Å². The summed E-state index contributed by atoms with van der Waals surface area (Å²) < 4.78 is 21.7. The Morgan fingerprint density at radius 3 is 2.93 bits per heavy atom. The summed E-state index contributed by atoms with van der Waals surface area (Å²) in [5.74, 6) is 1.95. The Morgan fingerprint density at radius 2 is 2.21 bits per heavy atom. The smallest absolute Gasteiger partial charge is 0.252 e. The van der Waals surface area contributed by atoms with E-state index in [9.17, 15) is 0 Å². The molecule has 150 valence electrons. The summed E-state index contributed by atoms with van der Waals surface area (Å²) in [5, 5.41) is 3.85. The van der Waals surface area contributed by atoms with Gasteiger partial charge in [0.2, 0.25) is 0 Å². The van der Waals surface area contributed by atoms with E-state index in [1.807, 2.05) is 24.3 Å². The van der Waals surface area contributed by atoms with E-state index in [0.29, 0.717) is 41.6 Å². The van der Waals surface area contributed by atoms with Crippen LogP contribution in [0.4, 0.5) is 11.5 Å². The third kappa shape index (κ3) is 4.04. The molecule has 1 atom stereocenters. The van der Waals surface area contributed by atoms with Gasteiger partial charge in [0.1, 0.15) is 23.7 Å². The van der Waals surface area contributed by atoms with Gasteiger partial charge in [-0.2, -0.15) is 4.37 Å². The number of hydrogen-bond acceptors (Lipinski definition) is 8. The fraction of sp³-hybridized carbons (Fsp3) is 0.368. The first kappa shape index (κ1) is 19.3. The first-order chi connectivity index (χ1) is 14.2. The Labute approximate surface area is 171 Å². The van der Waals surface area contributed by atoms with Crippen molar-refractivity contribution in [2.24, 2.45) is 5.11 Å². The number of methoxy groups -OCH3 is 1. The molecule has 1 saturated heterocycles. The summed E-state index contributed by atoms with van der Waals surface area (Å²) in [6, 6.07) is 9.61. The van der Waals surface area contributed by atoms with Gasteiger partial charge in [0.25, 0.3) is 5.88 Å². The van der Waals surface area contributed by atoms with E-state index in [1.165, 1.54) is 11.5 Å². The van der Waals surface area contributed by atoms with Crippen LogP contribution in [-0.2, 0) is 11.3 Å². The standard InChI is InChI=1S/C19H20N6O3S/c1-12-10-27-8-7-25(12)16-9-15(22-24-20)18-17(21-16)19(23-29-18)28-11-13-3-5-14(26-2)6-4-13/h3-6,9,12H,7-8,10-11H2,1-2H3/t12-/m1/s1. The fourth-order valence-corrected chi connectivity index (χ4v) is 3.90. The number of aromatic nitrogens is 2. The highest BCUT2D eigenvalue weighted by Crippen LogP contribution is 2.38. The van der Waals surface area contributed by atoms with Gasteiger partial charge < -0.3 is 19.1 Å². The van der Waals surface area contributed by atoms with Crippen molar-refractivity contribution in [3.05, 3.63) is 46.3 Å². The third-order valence-electron chi connectivity index (χ3n) is 4.71. The highest BCUT2D eigenvalue weighted by atomic mass is 32.1. The molecule has 0 spiro atoms. The second-order valence-corrected chi connectivity index (χ2v) is 7.38. The van der Waals surface area contributed by atoms with Gasteiger partial charge in [-0.15, -0.1) is 0 Å². The molecule has 1 aromatic carbocycles. The Hall–Kier alpha value is -3.07. The first-order valence-electron chi connectivity index (χ1n) is 9.15. The quantitative estimate of drug-likeness (QED) is 0.336. The molecule has 0 N–H and O–H groups in total. The minimum Gasteiger partial charge on any atom is -0.497 e. The summed E-state index contributed by atoms with van der Waals surface area (Å²) in [6.07, 6.45) is 0. The predicted molar refractivity (Wildman–Crippen MR) is 111 cm³/mol. The lowest BCUT2D eigenvalue weighted by Gasteiger charge is -2.34. The maximum Gasteiger partial charge on any atom is 0.252 e. The molecule has 0 aliphatic carbocycles. The molecule has 3 heterocycles. The minimum atomic E-state index is 0.169. The lowest BCUT2D eigenvalue weighted by Crippen LogP contribution is -2.44. The molecule has 1 aliphatic heterocycles. The third-order valence-corrected chi connectivity index (χ3v) is 5.55. The van der Waals surface area contributed by atoms with Crippen LogP contribution >= 0.6 is 11.5 Å². The van der Waals surface area contributed by atoms with Crippen LogP contribution < -0.4 is 14.4 Å². The van der Waals surface area contributed by atoms with Crippen LogP contribution in [0.2, 0.25) is 0 Å². The van der Waals surface area contributed by atoms with Gasteiger partial charge in [0.05, 0.1) is 36.8 Å². The highest BCUT2D eigenvalue weighted by molar-refractivity contribution is 7.14. The monoisotopic (exact) mass is 412 g/mol. The van der Waals surface area contributed by atoms with Crippen molar-refractivity contribution in [1.29, 1.82) is 0 Å². The molecule has 0 amide bonds. The van der Waals surface area contributed by atoms with Crippen LogP contribution in [0.15, 0.2) is 35.4 Å². The molecular weight excluding hydrogens is 392 g/mol. The maximum atomic E-state index is 8.98. The molecule has 9 nitrogen and oxygen atoms in total. The van der Waals surface area contributed by atoms with Crippen molar-refractivity contribution in [3.8, 4) is 11.6 Å². The lowest BCUT2D eigenvalue weighted by atomic mass is 10.2. The molecule has 3 aromatic rings. The minimum absolute atomic E-state index is 0.169. The number of rotatable bonds is 6. The van der Waals surface area contributed by atoms with E-state index in [-0.39, 0.29) is 6.04 Å². The molecule has 1 fully saturated rings. The average molecular weight is 412 g/mol. The van der Waals surface area contributed by atoms with Crippen LogP contribution in [0, 0.1) is 0 Å². The number of benzene rings is 1. The normalized spacial score (nSPS) is 16.5. The molecule has 29 heavy (non-hydrogen) atoms. The molecule has 0 radical (unpaired) electrons. The number of anilines is 1. The van der Waals surface area contributed by atoms with E-state index >= 15 is 0 Å². The van der Waals surface area contributed by atoms with E-state index in [0.717, 1.165) is 23.7 Å². The second-order valence-electron chi connectivity index (χ2n) is 6.61. The number of morpholine rings is 1. The SMILES string of the molecule is COc1ccc(COc2nsc3c(N=[N+]=[N-])cc(N4CCOC[C@H]4C)nc23)cc1. The van der Waals surface area contributed by atoms with Gasteiger partial charge in [-0.3, -0.25) is 0 Å². The van der Waals surface area contributed by atoms with Crippen molar-refractivity contribution in [2.75, 3.05) is 31.8 Å². The number of fused-ring (bicyclic) bond motifs is 1. The Bertz CT molecular complexity index is 1050. The van der Waals surface area contributed by atoms with E-state index in [4.69, 9.17) is 24.7 Å². The van der Waals surface area contributed by atoms with E-state index < -0.39 is 0 Å². The van der Waals surface area contributed by atoms with Crippen LogP contribution in [0.1, 0.15) is 12.5 Å². The second kappa shape index (κ2) is 8.52. The van der Waals surface area contributed by atoms with Crippen molar-refractivity contribution in [2.45, 2.75) is 19.6 Å². The largest absolute Gasteiger partial charge is 0.497 e. The summed E-state index contributed by atoms with van der Waals surface area (Å²) in [6.45, 7) is 4.39. The lowest BCUT2D eigenvalue weighted by molar-refractivity contribution is 0.0986. The fourth-order valence-electron chi connectivity index (χ4n) is 3.18. The Morgan fingerprint density at radius 1 is 1.38 bits per heavy atom. The van der Waals surface area contributed by atoms with Gasteiger partial charge >= 0.3 is 0 Å². The number of ether oxygens (including phenoxy) is 3. The van der Waals surface area contributed by atoms with Crippen LogP contribution in [0.5, 0.6) is 11.6 Å². The predicted octanol–water partition coefficient (Wildman–Crippen LogP) is 4.45. The number of pyridine rings is 1. The molecule has 4 rings (SSSR count). The van der Waals surface area contributed by atoms with Gasteiger partial charge in [-0.1, -0.05) is 17.2 Å². The van der Waals surface area contributed by atoms with Gasteiger partial charge in [-0.05, 0) is 47.7 Å². The van der Waals surface area contributed by atoms with Crippen molar-refractivity contribution in [1.82, 2.24) is 9.36 Å². The van der Waals surface area contributed by atoms with Gasteiger partial charge in [-0.25, -0.2) is 4.98 Å². The Kier molecular flexibility index (Phi) is 5.66. The average Bonchev–Trinajstić information content (AvgIpc) is 3.16. The summed E-state index contributed by atoms with van der Waals surface area (Å²) in [7, 11) is 1.63. The molecule has 10 heteroatoms.